The molecule has 1 aromatic rings. The third kappa shape index (κ3) is 5.06. The predicted octanol–water partition coefficient (Wildman–Crippen LogP) is -0.336. The van der Waals surface area contributed by atoms with Crippen LogP contribution >= 0.6 is 0 Å². The van der Waals surface area contributed by atoms with Crippen molar-refractivity contribution in [2.75, 3.05) is 13.1 Å². The zero-order chi connectivity index (χ0) is 14.4. The van der Waals surface area contributed by atoms with Crippen molar-refractivity contribution >= 4 is 18.0 Å². The van der Waals surface area contributed by atoms with Gasteiger partial charge >= 0.3 is 18.0 Å². The molecule has 1 aromatic heterocycles. The number of rotatable bonds is 6. The zero-order valence-corrected chi connectivity index (χ0v) is 10.1. The maximum Gasteiger partial charge on any atom is 0.323 e. The number of nitrogens with zero attached hydrogens (tertiary/aromatic N) is 2. The smallest absolute Gasteiger partial charge is 0.323 e. The Morgan fingerprint density at radius 3 is 2.32 bits per heavy atom. The van der Waals surface area contributed by atoms with E-state index in [2.05, 4.69) is 10.3 Å². The summed E-state index contributed by atoms with van der Waals surface area (Å²) in [5, 5.41) is 19.5. The summed E-state index contributed by atoms with van der Waals surface area (Å²) < 4.78 is 5.10. The lowest BCUT2D eigenvalue weighted by atomic mass is 10.5. The summed E-state index contributed by atoms with van der Waals surface area (Å²) in [4.78, 5) is 37.2. The SMILES string of the molecule is Cc1cnc(CNC(=O)N(CC(=O)O)CC(=O)O)o1. The van der Waals surface area contributed by atoms with Gasteiger partial charge in [0.2, 0.25) is 5.89 Å². The summed E-state index contributed by atoms with van der Waals surface area (Å²) in [5.41, 5.74) is 0. The van der Waals surface area contributed by atoms with Crippen molar-refractivity contribution in [3.8, 4) is 0 Å². The highest BCUT2D eigenvalue weighted by Crippen LogP contribution is 2.01. The van der Waals surface area contributed by atoms with Crippen molar-refractivity contribution in [3.05, 3.63) is 17.8 Å². The van der Waals surface area contributed by atoms with Crippen LogP contribution in [0.3, 0.4) is 0 Å². The Bertz CT molecular complexity index is 467. The molecule has 0 unspecified atom stereocenters. The molecule has 1 rings (SSSR count). The van der Waals surface area contributed by atoms with E-state index in [9.17, 15) is 14.4 Å². The number of hydrogen-bond donors (Lipinski definition) is 3. The van der Waals surface area contributed by atoms with Crippen LogP contribution in [0.25, 0.3) is 0 Å². The molecule has 0 aliphatic rings. The van der Waals surface area contributed by atoms with Gasteiger partial charge in [0.1, 0.15) is 18.8 Å². The summed E-state index contributed by atoms with van der Waals surface area (Å²) in [6.07, 6.45) is 1.47. The highest BCUT2D eigenvalue weighted by Gasteiger charge is 2.19. The first-order valence-electron chi connectivity index (χ1n) is 5.26. The van der Waals surface area contributed by atoms with Crippen LogP contribution in [0.1, 0.15) is 11.7 Å². The van der Waals surface area contributed by atoms with Crippen molar-refractivity contribution < 1.29 is 29.0 Å². The molecule has 0 aliphatic carbocycles. The lowest BCUT2D eigenvalue weighted by Gasteiger charge is -2.18. The molecule has 9 nitrogen and oxygen atoms in total. The first kappa shape index (κ1) is 14.5. The van der Waals surface area contributed by atoms with Gasteiger partial charge in [-0.2, -0.15) is 0 Å². The van der Waals surface area contributed by atoms with E-state index in [1.807, 2.05) is 0 Å². The van der Waals surface area contributed by atoms with Crippen LogP contribution in [-0.2, 0) is 16.1 Å². The van der Waals surface area contributed by atoms with Gasteiger partial charge in [0.25, 0.3) is 0 Å². The van der Waals surface area contributed by atoms with Gasteiger partial charge < -0.3 is 24.8 Å². The first-order chi connectivity index (χ1) is 8.88. The van der Waals surface area contributed by atoms with Gasteiger partial charge in [0.15, 0.2) is 0 Å². The Labute approximate surface area is 107 Å². The maximum absolute atomic E-state index is 11.6. The second kappa shape index (κ2) is 6.38. The van der Waals surface area contributed by atoms with Crippen molar-refractivity contribution in [3.63, 3.8) is 0 Å². The van der Waals surface area contributed by atoms with Crippen LogP contribution < -0.4 is 5.32 Å². The summed E-state index contributed by atoms with van der Waals surface area (Å²) >= 11 is 0. The number of aromatic nitrogens is 1. The average Bonchev–Trinajstić information content (AvgIpc) is 2.70. The Morgan fingerprint density at radius 2 is 1.89 bits per heavy atom. The fourth-order valence-electron chi connectivity index (χ4n) is 1.27. The Balaban J connectivity index is 2.55. The lowest BCUT2D eigenvalue weighted by molar-refractivity contribution is -0.140. The van der Waals surface area contributed by atoms with Gasteiger partial charge in [-0.25, -0.2) is 9.78 Å². The Kier molecular flexibility index (Phi) is 4.86. The molecule has 9 heteroatoms. The van der Waals surface area contributed by atoms with Gasteiger partial charge in [0, 0.05) is 0 Å². The number of carboxylic acids is 2. The molecule has 0 saturated heterocycles. The number of amides is 2. The Morgan fingerprint density at radius 1 is 1.32 bits per heavy atom. The van der Waals surface area contributed by atoms with Gasteiger partial charge in [-0.05, 0) is 6.92 Å². The molecule has 0 bridgehead atoms. The molecule has 0 aromatic carbocycles. The topological polar surface area (TPSA) is 133 Å². The highest BCUT2D eigenvalue weighted by atomic mass is 16.4. The van der Waals surface area contributed by atoms with Crippen LogP contribution in [0.2, 0.25) is 0 Å². The lowest BCUT2D eigenvalue weighted by Crippen LogP contribution is -2.45. The third-order valence-corrected chi connectivity index (χ3v) is 2.00. The van der Waals surface area contributed by atoms with E-state index in [4.69, 9.17) is 14.6 Å². The summed E-state index contributed by atoms with van der Waals surface area (Å²) in [5.74, 6) is -1.79. The van der Waals surface area contributed by atoms with E-state index >= 15 is 0 Å². The van der Waals surface area contributed by atoms with E-state index in [-0.39, 0.29) is 12.4 Å². The number of hydrogen-bond acceptors (Lipinski definition) is 5. The van der Waals surface area contributed by atoms with E-state index in [1.54, 1.807) is 6.92 Å². The molecule has 0 saturated carbocycles. The fraction of sp³-hybridized carbons (Fsp3) is 0.400. The summed E-state index contributed by atoms with van der Waals surface area (Å²) in [7, 11) is 0. The van der Waals surface area contributed by atoms with Crippen LogP contribution in [-0.4, -0.2) is 51.2 Å². The van der Waals surface area contributed by atoms with E-state index in [0.717, 1.165) is 0 Å². The number of urea groups is 1. The molecular weight excluding hydrogens is 258 g/mol. The molecule has 1 heterocycles. The van der Waals surface area contributed by atoms with E-state index < -0.39 is 31.1 Å². The highest BCUT2D eigenvalue weighted by molar-refractivity contribution is 5.83. The number of carboxylic acid groups (broad SMARTS) is 2. The molecule has 3 N–H and O–H groups in total. The number of aliphatic carboxylic acids is 2. The predicted molar refractivity (Wildman–Crippen MR) is 60.3 cm³/mol. The fourth-order valence-corrected chi connectivity index (χ4v) is 1.27. The minimum atomic E-state index is -1.30. The zero-order valence-electron chi connectivity index (χ0n) is 10.1. The minimum absolute atomic E-state index is 0.0532. The van der Waals surface area contributed by atoms with Crippen molar-refractivity contribution in [1.29, 1.82) is 0 Å². The summed E-state index contributed by atoms with van der Waals surface area (Å²) in [6, 6.07) is -0.819. The van der Waals surface area contributed by atoms with E-state index in [1.165, 1.54) is 6.20 Å². The summed E-state index contributed by atoms with van der Waals surface area (Å²) in [6.45, 7) is 0.216. The molecule has 0 atom stereocenters. The number of carbonyl (C=O) groups is 3. The molecule has 104 valence electrons. The third-order valence-electron chi connectivity index (χ3n) is 2.00. The standard InChI is InChI=1S/C10H13N3O6/c1-6-2-11-7(19-6)3-12-10(18)13(4-8(14)15)5-9(16)17/h2H,3-5H2,1H3,(H,12,18)(H,14,15)(H,16,17). The minimum Gasteiger partial charge on any atom is -0.480 e. The largest absolute Gasteiger partial charge is 0.480 e. The van der Waals surface area contributed by atoms with Gasteiger partial charge in [0.05, 0.1) is 12.7 Å². The molecule has 0 fully saturated rings. The van der Waals surface area contributed by atoms with Crippen LogP contribution in [0.5, 0.6) is 0 Å². The van der Waals surface area contributed by atoms with Crippen LogP contribution in [0, 0.1) is 6.92 Å². The number of oxazole rings is 1. The second-order valence-corrected chi connectivity index (χ2v) is 3.67. The maximum atomic E-state index is 11.6. The van der Waals surface area contributed by atoms with Gasteiger partial charge in [-0.15, -0.1) is 0 Å². The van der Waals surface area contributed by atoms with Crippen LogP contribution in [0.4, 0.5) is 4.79 Å². The van der Waals surface area contributed by atoms with Crippen LogP contribution in [0.15, 0.2) is 10.6 Å². The van der Waals surface area contributed by atoms with Crippen molar-refractivity contribution in [2.45, 2.75) is 13.5 Å². The Hall–Kier alpha value is -2.58. The number of aryl methyl sites for hydroxylation is 1. The molecular formula is C10H13N3O6. The second-order valence-electron chi connectivity index (χ2n) is 3.67. The van der Waals surface area contributed by atoms with Crippen molar-refractivity contribution in [1.82, 2.24) is 15.2 Å². The average molecular weight is 271 g/mol. The normalized spacial score (nSPS) is 9.95. The molecule has 19 heavy (non-hydrogen) atoms. The number of nitrogens with one attached hydrogen (secondary N) is 1. The molecule has 0 radical (unpaired) electrons. The van der Waals surface area contributed by atoms with Gasteiger partial charge in [-0.3, -0.25) is 9.59 Å². The monoisotopic (exact) mass is 271 g/mol. The first-order valence-corrected chi connectivity index (χ1v) is 5.26. The van der Waals surface area contributed by atoms with E-state index in [0.29, 0.717) is 10.7 Å². The number of carbonyl (C=O) groups excluding carboxylic acids is 1. The molecule has 0 aliphatic heterocycles. The van der Waals surface area contributed by atoms with Gasteiger partial charge in [-0.1, -0.05) is 0 Å². The van der Waals surface area contributed by atoms with Crippen molar-refractivity contribution in [2.24, 2.45) is 0 Å². The quantitative estimate of drug-likeness (QED) is 0.644. The molecule has 0 spiro atoms. The molecule has 2 amide bonds.